The molecule has 118 valence electrons. The Morgan fingerprint density at radius 2 is 2.09 bits per heavy atom. The molecule has 7 heteroatoms. The van der Waals surface area contributed by atoms with Crippen molar-refractivity contribution in [3.63, 3.8) is 0 Å². The Hall–Kier alpha value is -1.86. The molecule has 1 fully saturated rings. The maximum Gasteiger partial charge on any atom is 0.257 e. The SMILES string of the molecule is CC(C)N1CCO[C@H](c2nc(-c3ccc(F)c(F)c3)no2)C1. The molecule has 1 aromatic heterocycles. The van der Waals surface area contributed by atoms with Crippen LogP contribution in [0.5, 0.6) is 0 Å². The first-order valence-electron chi connectivity index (χ1n) is 7.19. The van der Waals surface area contributed by atoms with E-state index in [0.29, 0.717) is 30.6 Å². The van der Waals surface area contributed by atoms with E-state index < -0.39 is 11.6 Å². The van der Waals surface area contributed by atoms with Crippen LogP contribution in [0.3, 0.4) is 0 Å². The molecule has 1 atom stereocenters. The van der Waals surface area contributed by atoms with Crippen molar-refractivity contribution in [1.29, 1.82) is 0 Å². The monoisotopic (exact) mass is 309 g/mol. The minimum absolute atomic E-state index is 0.221. The topological polar surface area (TPSA) is 51.4 Å². The minimum atomic E-state index is -0.941. The number of ether oxygens (including phenoxy) is 1. The standard InChI is InChI=1S/C15H17F2N3O2/c1-9(2)20-5-6-21-13(8-20)15-18-14(19-22-15)10-3-4-11(16)12(17)7-10/h3-4,7,9,13H,5-6,8H2,1-2H3/t13-/m0/s1. The molecule has 3 rings (SSSR count). The second-order valence-electron chi connectivity index (χ2n) is 5.53. The van der Waals surface area contributed by atoms with Crippen LogP contribution in [0, 0.1) is 11.6 Å². The zero-order valence-electron chi connectivity index (χ0n) is 12.4. The van der Waals surface area contributed by atoms with Gasteiger partial charge in [0.25, 0.3) is 5.89 Å². The Morgan fingerprint density at radius 3 is 2.82 bits per heavy atom. The molecule has 1 aliphatic heterocycles. The van der Waals surface area contributed by atoms with Gasteiger partial charge in [-0.05, 0) is 32.0 Å². The minimum Gasteiger partial charge on any atom is -0.366 e. The van der Waals surface area contributed by atoms with E-state index in [1.807, 2.05) is 0 Å². The van der Waals surface area contributed by atoms with Gasteiger partial charge in [0.2, 0.25) is 5.82 Å². The summed E-state index contributed by atoms with van der Waals surface area (Å²) in [6.07, 6.45) is -0.303. The lowest BCUT2D eigenvalue weighted by molar-refractivity contribution is -0.0539. The van der Waals surface area contributed by atoms with Crippen molar-refractivity contribution in [1.82, 2.24) is 15.0 Å². The quantitative estimate of drug-likeness (QED) is 0.872. The summed E-state index contributed by atoms with van der Waals surface area (Å²) >= 11 is 0. The molecule has 0 saturated carbocycles. The Labute approximate surface area is 126 Å². The molecule has 5 nitrogen and oxygen atoms in total. The molecule has 0 aliphatic carbocycles. The van der Waals surface area contributed by atoms with E-state index in [4.69, 9.17) is 9.26 Å². The predicted molar refractivity (Wildman–Crippen MR) is 75.1 cm³/mol. The maximum absolute atomic E-state index is 13.3. The molecule has 2 heterocycles. The normalized spacial score (nSPS) is 19.8. The third kappa shape index (κ3) is 3.00. The van der Waals surface area contributed by atoms with Crippen LogP contribution in [-0.4, -0.2) is 40.8 Å². The molecule has 0 amide bonds. The number of rotatable bonds is 3. The summed E-state index contributed by atoms with van der Waals surface area (Å²) in [6, 6.07) is 3.90. The summed E-state index contributed by atoms with van der Waals surface area (Å²) in [7, 11) is 0. The largest absolute Gasteiger partial charge is 0.366 e. The molecule has 1 aliphatic rings. The number of nitrogens with zero attached hydrogens (tertiary/aromatic N) is 3. The molecule has 1 saturated heterocycles. The lowest BCUT2D eigenvalue weighted by atomic mass is 10.2. The van der Waals surface area contributed by atoms with Gasteiger partial charge in [-0.1, -0.05) is 5.16 Å². The number of benzene rings is 1. The van der Waals surface area contributed by atoms with E-state index in [2.05, 4.69) is 28.9 Å². The maximum atomic E-state index is 13.3. The van der Waals surface area contributed by atoms with Crippen molar-refractivity contribution < 1.29 is 18.0 Å². The Bertz CT molecular complexity index is 660. The molecule has 0 N–H and O–H groups in total. The number of morpholine rings is 1. The van der Waals surface area contributed by atoms with E-state index in [0.717, 1.165) is 18.7 Å². The smallest absolute Gasteiger partial charge is 0.257 e. The van der Waals surface area contributed by atoms with Crippen molar-refractivity contribution in [2.24, 2.45) is 0 Å². The second kappa shape index (κ2) is 6.10. The summed E-state index contributed by atoms with van der Waals surface area (Å²) in [5.74, 6) is -1.27. The van der Waals surface area contributed by atoms with E-state index >= 15 is 0 Å². The van der Waals surface area contributed by atoms with Gasteiger partial charge in [-0.3, -0.25) is 4.90 Å². The summed E-state index contributed by atoms with van der Waals surface area (Å²) in [5, 5.41) is 3.83. The van der Waals surface area contributed by atoms with Crippen molar-refractivity contribution in [2.45, 2.75) is 26.0 Å². The predicted octanol–water partition coefficient (Wildman–Crippen LogP) is 2.80. The summed E-state index contributed by atoms with van der Waals surface area (Å²) in [6.45, 7) is 6.34. The van der Waals surface area contributed by atoms with E-state index in [1.54, 1.807) is 0 Å². The third-order valence-electron chi connectivity index (χ3n) is 3.72. The molecule has 0 spiro atoms. The lowest BCUT2D eigenvalue weighted by Gasteiger charge is -2.33. The van der Waals surface area contributed by atoms with Gasteiger partial charge < -0.3 is 9.26 Å². The van der Waals surface area contributed by atoms with Crippen LogP contribution in [0.2, 0.25) is 0 Å². The first-order chi connectivity index (χ1) is 10.5. The highest BCUT2D eigenvalue weighted by atomic mass is 19.2. The van der Waals surface area contributed by atoms with Crippen LogP contribution in [0.15, 0.2) is 22.7 Å². The Kier molecular flexibility index (Phi) is 4.17. The van der Waals surface area contributed by atoms with Crippen LogP contribution in [0.4, 0.5) is 8.78 Å². The number of halogens is 2. The molecular formula is C15H17F2N3O2. The highest BCUT2D eigenvalue weighted by Gasteiger charge is 2.28. The molecule has 1 aromatic carbocycles. The van der Waals surface area contributed by atoms with Gasteiger partial charge in [-0.2, -0.15) is 4.98 Å². The van der Waals surface area contributed by atoms with Gasteiger partial charge in [-0.25, -0.2) is 8.78 Å². The summed E-state index contributed by atoms with van der Waals surface area (Å²) < 4.78 is 37.1. The molecular weight excluding hydrogens is 292 g/mol. The molecule has 0 unspecified atom stereocenters. The highest BCUT2D eigenvalue weighted by molar-refractivity contribution is 5.54. The van der Waals surface area contributed by atoms with Crippen LogP contribution in [0.1, 0.15) is 25.8 Å². The fraction of sp³-hybridized carbons (Fsp3) is 0.467. The van der Waals surface area contributed by atoms with Gasteiger partial charge in [0.05, 0.1) is 6.61 Å². The molecule has 22 heavy (non-hydrogen) atoms. The fourth-order valence-electron chi connectivity index (χ4n) is 2.41. The summed E-state index contributed by atoms with van der Waals surface area (Å²) in [4.78, 5) is 6.51. The Morgan fingerprint density at radius 1 is 1.27 bits per heavy atom. The number of hydrogen-bond donors (Lipinski definition) is 0. The van der Waals surface area contributed by atoms with Gasteiger partial charge in [0, 0.05) is 24.7 Å². The second-order valence-corrected chi connectivity index (χ2v) is 5.53. The number of hydrogen-bond acceptors (Lipinski definition) is 5. The number of aromatic nitrogens is 2. The third-order valence-corrected chi connectivity index (χ3v) is 3.72. The van der Waals surface area contributed by atoms with Crippen LogP contribution < -0.4 is 0 Å². The van der Waals surface area contributed by atoms with Crippen LogP contribution >= 0.6 is 0 Å². The lowest BCUT2D eigenvalue weighted by Crippen LogP contribution is -2.42. The van der Waals surface area contributed by atoms with Crippen molar-refractivity contribution >= 4 is 0 Å². The van der Waals surface area contributed by atoms with E-state index in [1.165, 1.54) is 6.07 Å². The zero-order chi connectivity index (χ0) is 15.7. The average molecular weight is 309 g/mol. The van der Waals surface area contributed by atoms with E-state index in [-0.39, 0.29) is 11.9 Å². The van der Waals surface area contributed by atoms with Crippen molar-refractivity contribution in [3.05, 3.63) is 35.7 Å². The highest BCUT2D eigenvalue weighted by Crippen LogP contribution is 2.25. The molecule has 0 bridgehead atoms. The molecule has 2 aromatic rings. The van der Waals surface area contributed by atoms with Crippen molar-refractivity contribution in [2.75, 3.05) is 19.7 Å². The zero-order valence-corrected chi connectivity index (χ0v) is 12.4. The summed E-state index contributed by atoms with van der Waals surface area (Å²) in [5.41, 5.74) is 0.366. The molecule has 0 radical (unpaired) electrons. The average Bonchev–Trinajstić information content (AvgIpc) is 3.00. The van der Waals surface area contributed by atoms with Gasteiger partial charge in [0.1, 0.15) is 6.10 Å². The van der Waals surface area contributed by atoms with Gasteiger partial charge in [0.15, 0.2) is 11.6 Å². The first kappa shape index (κ1) is 15.1. The Balaban J connectivity index is 1.79. The van der Waals surface area contributed by atoms with Gasteiger partial charge in [-0.15, -0.1) is 0 Å². The van der Waals surface area contributed by atoms with E-state index in [9.17, 15) is 8.78 Å². The van der Waals surface area contributed by atoms with Crippen molar-refractivity contribution in [3.8, 4) is 11.4 Å². The van der Waals surface area contributed by atoms with Crippen LogP contribution in [-0.2, 0) is 4.74 Å². The first-order valence-corrected chi connectivity index (χ1v) is 7.19. The van der Waals surface area contributed by atoms with Crippen LogP contribution in [0.25, 0.3) is 11.4 Å². The fourth-order valence-corrected chi connectivity index (χ4v) is 2.41. The van der Waals surface area contributed by atoms with Gasteiger partial charge >= 0.3 is 0 Å².